The van der Waals surface area contributed by atoms with Gasteiger partial charge in [-0.15, -0.1) is 0 Å². The summed E-state index contributed by atoms with van der Waals surface area (Å²) in [5.74, 6) is 1.50. The highest BCUT2D eigenvalue weighted by atomic mass is 35.5. The van der Waals surface area contributed by atoms with Crippen LogP contribution in [0, 0.1) is 5.92 Å². The third-order valence-corrected chi connectivity index (χ3v) is 3.70. The minimum atomic E-state index is -0.570. The van der Waals surface area contributed by atoms with E-state index in [-0.39, 0.29) is 5.92 Å². The Labute approximate surface area is 113 Å². The van der Waals surface area contributed by atoms with Gasteiger partial charge in [-0.3, -0.25) is 0 Å². The predicted octanol–water partition coefficient (Wildman–Crippen LogP) is 3.58. The van der Waals surface area contributed by atoms with Crippen molar-refractivity contribution in [2.45, 2.75) is 32.8 Å². The normalized spacial score (nSPS) is 18.0. The standard InChI is InChI=1S/C14H19ClO3/c1-3-9(2)14(16)10-7-12-13(8-11(10)15)18-6-4-5-17-12/h7-9,14,16H,3-6H2,1-2H3. The van der Waals surface area contributed by atoms with Crippen molar-refractivity contribution in [1.29, 1.82) is 0 Å². The maximum atomic E-state index is 10.3. The van der Waals surface area contributed by atoms with E-state index in [9.17, 15) is 5.11 Å². The molecule has 1 aliphatic heterocycles. The molecule has 1 N–H and O–H groups in total. The van der Waals surface area contributed by atoms with Gasteiger partial charge in [-0.2, -0.15) is 0 Å². The van der Waals surface area contributed by atoms with Crippen molar-refractivity contribution in [2.24, 2.45) is 5.92 Å². The average Bonchev–Trinajstić information content (AvgIpc) is 2.60. The molecular weight excluding hydrogens is 252 g/mol. The number of aliphatic hydroxyl groups excluding tert-OH is 1. The molecule has 2 unspecified atom stereocenters. The maximum Gasteiger partial charge on any atom is 0.162 e. The van der Waals surface area contributed by atoms with E-state index in [2.05, 4.69) is 0 Å². The zero-order valence-electron chi connectivity index (χ0n) is 10.8. The molecule has 18 heavy (non-hydrogen) atoms. The number of aliphatic hydroxyl groups is 1. The van der Waals surface area contributed by atoms with Gasteiger partial charge in [0.1, 0.15) is 0 Å². The van der Waals surface area contributed by atoms with Gasteiger partial charge in [0.25, 0.3) is 0 Å². The number of hydrogen-bond donors (Lipinski definition) is 1. The molecule has 0 bridgehead atoms. The van der Waals surface area contributed by atoms with Crippen molar-refractivity contribution >= 4 is 11.6 Å². The first-order valence-corrected chi connectivity index (χ1v) is 6.78. The first kappa shape index (κ1) is 13.5. The molecule has 1 heterocycles. The molecule has 0 radical (unpaired) electrons. The van der Waals surface area contributed by atoms with Gasteiger partial charge in [0.15, 0.2) is 11.5 Å². The lowest BCUT2D eigenvalue weighted by Gasteiger charge is -2.20. The van der Waals surface area contributed by atoms with Crippen LogP contribution in [-0.4, -0.2) is 18.3 Å². The average molecular weight is 271 g/mol. The fourth-order valence-electron chi connectivity index (χ4n) is 1.96. The Kier molecular flexibility index (Phi) is 4.36. The molecule has 0 aliphatic carbocycles. The first-order chi connectivity index (χ1) is 8.63. The van der Waals surface area contributed by atoms with E-state index < -0.39 is 6.10 Å². The minimum absolute atomic E-state index is 0.159. The largest absolute Gasteiger partial charge is 0.490 e. The summed E-state index contributed by atoms with van der Waals surface area (Å²) in [5, 5.41) is 10.8. The summed E-state index contributed by atoms with van der Waals surface area (Å²) < 4.78 is 11.2. The first-order valence-electron chi connectivity index (χ1n) is 6.40. The second kappa shape index (κ2) is 5.81. The summed E-state index contributed by atoms with van der Waals surface area (Å²) >= 11 is 6.21. The fourth-order valence-corrected chi connectivity index (χ4v) is 2.22. The van der Waals surface area contributed by atoms with Crippen molar-refractivity contribution in [2.75, 3.05) is 13.2 Å². The topological polar surface area (TPSA) is 38.7 Å². The molecule has 2 atom stereocenters. The van der Waals surface area contributed by atoms with E-state index in [0.29, 0.717) is 29.7 Å². The van der Waals surface area contributed by atoms with Gasteiger partial charge in [0.2, 0.25) is 0 Å². The number of rotatable bonds is 3. The van der Waals surface area contributed by atoms with Crippen molar-refractivity contribution < 1.29 is 14.6 Å². The Balaban J connectivity index is 2.34. The quantitative estimate of drug-likeness (QED) is 0.912. The highest BCUT2D eigenvalue weighted by Gasteiger charge is 2.21. The van der Waals surface area contributed by atoms with Crippen LogP contribution >= 0.6 is 11.6 Å². The zero-order valence-corrected chi connectivity index (χ0v) is 11.5. The molecule has 1 aromatic carbocycles. The predicted molar refractivity (Wildman–Crippen MR) is 71.5 cm³/mol. The van der Waals surface area contributed by atoms with Crippen LogP contribution < -0.4 is 9.47 Å². The van der Waals surface area contributed by atoms with E-state index in [0.717, 1.165) is 18.4 Å². The van der Waals surface area contributed by atoms with Crippen LogP contribution in [0.15, 0.2) is 12.1 Å². The van der Waals surface area contributed by atoms with E-state index in [4.69, 9.17) is 21.1 Å². The molecule has 1 aliphatic rings. The minimum Gasteiger partial charge on any atom is -0.490 e. The summed E-state index contributed by atoms with van der Waals surface area (Å²) in [4.78, 5) is 0. The molecule has 0 aromatic heterocycles. The molecular formula is C14H19ClO3. The molecule has 4 heteroatoms. The number of ether oxygens (including phenoxy) is 2. The van der Waals surface area contributed by atoms with Crippen LogP contribution in [0.3, 0.4) is 0 Å². The summed E-state index contributed by atoms with van der Waals surface area (Å²) in [7, 11) is 0. The Hall–Kier alpha value is -0.930. The van der Waals surface area contributed by atoms with Gasteiger partial charge >= 0.3 is 0 Å². The lowest BCUT2D eigenvalue weighted by molar-refractivity contribution is 0.115. The van der Waals surface area contributed by atoms with Gasteiger partial charge in [-0.05, 0) is 12.0 Å². The van der Waals surface area contributed by atoms with Crippen LogP contribution in [0.1, 0.15) is 38.4 Å². The zero-order chi connectivity index (χ0) is 13.1. The summed E-state index contributed by atoms with van der Waals surface area (Å²) in [5.41, 5.74) is 0.718. The van der Waals surface area contributed by atoms with Gasteiger partial charge in [-0.1, -0.05) is 31.9 Å². The highest BCUT2D eigenvalue weighted by Crippen LogP contribution is 2.39. The van der Waals surface area contributed by atoms with Crippen molar-refractivity contribution in [3.05, 3.63) is 22.7 Å². The molecule has 0 spiro atoms. The lowest BCUT2D eigenvalue weighted by atomic mass is 9.95. The van der Waals surface area contributed by atoms with Crippen LogP contribution in [0.25, 0.3) is 0 Å². The van der Waals surface area contributed by atoms with E-state index in [1.165, 1.54) is 0 Å². The number of halogens is 1. The van der Waals surface area contributed by atoms with E-state index in [1.807, 2.05) is 13.8 Å². The van der Waals surface area contributed by atoms with Gasteiger partial charge in [0.05, 0.1) is 24.3 Å². The van der Waals surface area contributed by atoms with Crippen LogP contribution in [0.5, 0.6) is 11.5 Å². The number of hydrogen-bond acceptors (Lipinski definition) is 3. The lowest BCUT2D eigenvalue weighted by Crippen LogP contribution is -2.09. The monoisotopic (exact) mass is 270 g/mol. The third-order valence-electron chi connectivity index (χ3n) is 3.37. The smallest absolute Gasteiger partial charge is 0.162 e. The second-order valence-corrected chi connectivity index (χ2v) is 5.11. The molecule has 1 aromatic rings. The molecule has 0 fully saturated rings. The van der Waals surface area contributed by atoms with Crippen LogP contribution in [0.4, 0.5) is 0 Å². The Morgan fingerprint density at radius 3 is 2.50 bits per heavy atom. The maximum absolute atomic E-state index is 10.3. The number of fused-ring (bicyclic) bond motifs is 1. The summed E-state index contributed by atoms with van der Waals surface area (Å²) in [6, 6.07) is 3.54. The molecule has 2 rings (SSSR count). The SMILES string of the molecule is CCC(C)C(O)c1cc2c(cc1Cl)OCCCO2. The third kappa shape index (κ3) is 2.73. The second-order valence-electron chi connectivity index (χ2n) is 4.70. The van der Waals surface area contributed by atoms with Gasteiger partial charge in [-0.25, -0.2) is 0 Å². The molecule has 0 saturated carbocycles. The van der Waals surface area contributed by atoms with E-state index in [1.54, 1.807) is 12.1 Å². The Morgan fingerprint density at radius 1 is 1.28 bits per heavy atom. The molecule has 0 amide bonds. The molecule has 0 saturated heterocycles. The van der Waals surface area contributed by atoms with E-state index >= 15 is 0 Å². The van der Waals surface area contributed by atoms with Crippen molar-refractivity contribution in [1.82, 2.24) is 0 Å². The Bertz CT molecular complexity index is 420. The van der Waals surface area contributed by atoms with Crippen LogP contribution in [-0.2, 0) is 0 Å². The van der Waals surface area contributed by atoms with Gasteiger partial charge < -0.3 is 14.6 Å². The van der Waals surface area contributed by atoms with Crippen molar-refractivity contribution in [3.63, 3.8) is 0 Å². The highest BCUT2D eigenvalue weighted by molar-refractivity contribution is 6.31. The molecule has 100 valence electrons. The summed E-state index contributed by atoms with van der Waals surface area (Å²) in [6.45, 7) is 5.32. The number of benzene rings is 1. The van der Waals surface area contributed by atoms with Gasteiger partial charge in [0, 0.05) is 18.1 Å². The summed E-state index contributed by atoms with van der Waals surface area (Å²) in [6.07, 6.45) is 1.18. The fraction of sp³-hybridized carbons (Fsp3) is 0.571. The Morgan fingerprint density at radius 2 is 1.89 bits per heavy atom. The molecule has 3 nitrogen and oxygen atoms in total. The van der Waals surface area contributed by atoms with Crippen LogP contribution in [0.2, 0.25) is 5.02 Å². The van der Waals surface area contributed by atoms with Crippen molar-refractivity contribution in [3.8, 4) is 11.5 Å².